The van der Waals surface area contributed by atoms with Gasteiger partial charge in [0.05, 0.1) is 0 Å². The molecule has 21 heavy (non-hydrogen) atoms. The van der Waals surface area contributed by atoms with Crippen molar-refractivity contribution in [2.75, 3.05) is 5.32 Å². The number of nitrogens with one attached hydrogen (secondary N) is 1. The average Bonchev–Trinajstić information content (AvgIpc) is 2.81. The van der Waals surface area contributed by atoms with Gasteiger partial charge in [0.1, 0.15) is 5.01 Å². The highest BCUT2D eigenvalue weighted by molar-refractivity contribution is 7.15. The second-order valence-corrected chi connectivity index (χ2v) is 5.57. The summed E-state index contributed by atoms with van der Waals surface area (Å²) in [6.45, 7) is 3.64. The molecule has 0 unspecified atom stereocenters. The number of carbonyl (C=O) groups excluding carboxylic acids is 1. The van der Waals surface area contributed by atoms with Crippen LogP contribution in [0.1, 0.15) is 26.5 Å². The molecule has 0 aliphatic carbocycles. The Hall–Kier alpha value is -2.54. The molecule has 1 amide bonds. The number of carboxylic acid groups (broad SMARTS) is 1. The Labute approximate surface area is 125 Å². The lowest BCUT2D eigenvalue weighted by Crippen LogP contribution is -2.12. The van der Waals surface area contributed by atoms with E-state index in [0.717, 1.165) is 16.6 Å². The lowest BCUT2D eigenvalue weighted by atomic mass is 10.1. The number of anilines is 1. The maximum atomic E-state index is 12.2. The number of aliphatic carboxylic acids is 1. The minimum absolute atomic E-state index is 0.306. The zero-order valence-corrected chi connectivity index (χ0v) is 12.3. The average molecular weight is 303 g/mol. The molecule has 0 fully saturated rings. The first-order valence-electron chi connectivity index (χ1n) is 6.08. The van der Waals surface area contributed by atoms with Crippen molar-refractivity contribution in [3.8, 4) is 0 Å². The van der Waals surface area contributed by atoms with Gasteiger partial charge in [-0.2, -0.15) is 0 Å². The van der Waals surface area contributed by atoms with Gasteiger partial charge in [-0.25, -0.2) is 4.79 Å². The molecule has 0 bridgehead atoms. The number of benzene rings is 1. The van der Waals surface area contributed by atoms with Crippen molar-refractivity contribution in [3.63, 3.8) is 0 Å². The maximum Gasteiger partial charge on any atom is 0.328 e. The SMILES string of the molecule is Cc1cc(/C=C/C(=O)O)cc(C(=O)Nc2nnc(C)s2)c1. The van der Waals surface area contributed by atoms with E-state index in [-0.39, 0.29) is 5.91 Å². The van der Waals surface area contributed by atoms with Crippen molar-refractivity contribution in [1.82, 2.24) is 10.2 Å². The van der Waals surface area contributed by atoms with Gasteiger partial charge in [-0.3, -0.25) is 10.1 Å². The fraction of sp³-hybridized carbons (Fsp3) is 0.143. The van der Waals surface area contributed by atoms with Crippen LogP contribution in [-0.4, -0.2) is 27.2 Å². The molecule has 2 aromatic rings. The highest BCUT2D eigenvalue weighted by Crippen LogP contribution is 2.17. The van der Waals surface area contributed by atoms with Crippen LogP contribution in [0.25, 0.3) is 6.08 Å². The van der Waals surface area contributed by atoms with Crippen molar-refractivity contribution in [2.45, 2.75) is 13.8 Å². The van der Waals surface area contributed by atoms with E-state index in [4.69, 9.17) is 5.11 Å². The predicted octanol–water partition coefficient (Wildman–Crippen LogP) is 2.51. The standard InChI is InChI=1S/C14H13N3O3S/c1-8-5-10(3-4-12(18)19)7-11(6-8)13(20)15-14-17-16-9(2)21-14/h3-7H,1-2H3,(H,18,19)(H,15,17,20)/b4-3+. The van der Waals surface area contributed by atoms with E-state index in [2.05, 4.69) is 15.5 Å². The number of rotatable bonds is 4. The summed E-state index contributed by atoms with van der Waals surface area (Å²) in [6, 6.07) is 5.14. The molecule has 1 aromatic heterocycles. The number of carbonyl (C=O) groups is 2. The number of nitrogens with zero attached hydrogens (tertiary/aromatic N) is 2. The third-order valence-electron chi connectivity index (χ3n) is 2.53. The summed E-state index contributed by atoms with van der Waals surface area (Å²) in [6.07, 6.45) is 2.48. The summed E-state index contributed by atoms with van der Waals surface area (Å²) in [4.78, 5) is 22.7. The molecule has 108 valence electrons. The summed E-state index contributed by atoms with van der Waals surface area (Å²) in [5.74, 6) is -1.34. The van der Waals surface area contributed by atoms with Gasteiger partial charge in [-0.05, 0) is 43.2 Å². The largest absolute Gasteiger partial charge is 0.478 e. The van der Waals surface area contributed by atoms with Gasteiger partial charge >= 0.3 is 5.97 Å². The van der Waals surface area contributed by atoms with Gasteiger partial charge in [0.15, 0.2) is 0 Å². The van der Waals surface area contributed by atoms with Crippen LogP contribution in [0, 0.1) is 13.8 Å². The predicted molar refractivity (Wildman–Crippen MR) is 80.4 cm³/mol. The van der Waals surface area contributed by atoms with Crippen molar-refractivity contribution >= 4 is 34.4 Å². The fourth-order valence-electron chi connectivity index (χ4n) is 1.72. The zero-order valence-electron chi connectivity index (χ0n) is 11.5. The molecule has 6 nitrogen and oxygen atoms in total. The number of aromatic nitrogens is 2. The van der Waals surface area contributed by atoms with Gasteiger partial charge in [-0.1, -0.05) is 17.4 Å². The minimum atomic E-state index is -1.04. The van der Waals surface area contributed by atoms with Crippen LogP contribution in [0.3, 0.4) is 0 Å². The first-order chi connectivity index (χ1) is 9.94. The number of hydrogen-bond acceptors (Lipinski definition) is 5. The molecule has 0 aliphatic rings. The molecule has 0 spiro atoms. The molecule has 1 heterocycles. The summed E-state index contributed by atoms with van der Waals surface area (Å²) in [5.41, 5.74) is 1.95. The van der Waals surface area contributed by atoms with E-state index in [1.807, 2.05) is 6.92 Å². The van der Waals surface area contributed by atoms with E-state index in [9.17, 15) is 9.59 Å². The lowest BCUT2D eigenvalue weighted by molar-refractivity contribution is -0.131. The Balaban J connectivity index is 2.22. The highest BCUT2D eigenvalue weighted by atomic mass is 32.1. The Bertz CT molecular complexity index is 722. The van der Waals surface area contributed by atoms with Gasteiger partial charge in [0, 0.05) is 11.6 Å². The second kappa shape index (κ2) is 6.27. The van der Waals surface area contributed by atoms with Crippen molar-refractivity contribution in [1.29, 1.82) is 0 Å². The number of aryl methyl sites for hydroxylation is 2. The summed E-state index contributed by atoms with van der Waals surface area (Å²) < 4.78 is 0. The highest BCUT2D eigenvalue weighted by Gasteiger charge is 2.10. The van der Waals surface area contributed by atoms with Crippen molar-refractivity contribution < 1.29 is 14.7 Å². The van der Waals surface area contributed by atoms with E-state index in [1.165, 1.54) is 17.4 Å². The monoisotopic (exact) mass is 303 g/mol. The molecule has 2 N–H and O–H groups in total. The first kappa shape index (κ1) is 14.9. The molecule has 0 saturated heterocycles. The molecular weight excluding hydrogens is 290 g/mol. The molecule has 0 radical (unpaired) electrons. The van der Waals surface area contributed by atoms with Crippen molar-refractivity contribution in [2.24, 2.45) is 0 Å². The van der Waals surface area contributed by atoms with Gasteiger partial charge in [0.2, 0.25) is 5.13 Å². The molecule has 7 heteroatoms. The fourth-order valence-corrected chi connectivity index (χ4v) is 2.31. The Morgan fingerprint density at radius 3 is 2.62 bits per heavy atom. The van der Waals surface area contributed by atoms with Crippen LogP contribution in [-0.2, 0) is 4.79 Å². The van der Waals surface area contributed by atoms with Crippen LogP contribution in [0.4, 0.5) is 5.13 Å². The molecule has 1 aromatic carbocycles. The van der Waals surface area contributed by atoms with E-state index in [0.29, 0.717) is 16.3 Å². The summed E-state index contributed by atoms with van der Waals surface area (Å²) in [5, 5.41) is 20.2. The van der Waals surface area contributed by atoms with E-state index in [1.54, 1.807) is 25.1 Å². The Kier molecular flexibility index (Phi) is 4.44. The van der Waals surface area contributed by atoms with Gasteiger partial charge in [-0.15, -0.1) is 10.2 Å². The quantitative estimate of drug-likeness (QED) is 0.847. The van der Waals surface area contributed by atoms with Crippen LogP contribution in [0.15, 0.2) is 24.3 Å². The minimum Gasteiger partial charge on any atom is -0.478 e. The molecule has 0 atom stereocenters. The molecule has 2 rings (SSSR count). The molecule has 0 aliphatic heterocycles. The van der Waals surface area contributed by atoms with Crippen LogP contribution >= 0.6 is 11.3 Å². The topological polar surface area (TPSA) is 92.2 Å². The smallest absolute Gasteiger partial charge is 0.328 e. The van der Waals surface area contributed by atoms with Crippen LogP contribution in [0.2, 0.25) is 0 Å². The first-order valence-corrected chi connectivity index (χ1v) is 6.90. The number of hydrogen-bond donors (Lipinski definition) is 2. The Morgan fingerprint density at radius 1 is 1.24 bits per heavy atom. The third-order valence-corrected chi connectivity index (χ3v) is 3.28. The summed E-state index contributed by atoms with van der Waals surface area (Å²) >= 11 is 1.29. The van der Waals surface area contributed by atoms with E-state index >= 15 is 0 Å². The normalized spacial score (nSPS) is 10.8. The second-order valence-electron chi connectivity index (χ2n) is 4.38. The van der Waals surface area contributed by atoms with Crippen LogP contribution < -0.4 is 5.32 Å². The maximum absolute atomic E-state index is 12.2. The lowest BCUT2D eigenvalue weighted by Gasteiger charge is -2.04. The van der Waals surface area contributed by atoms with Crippen molar-refractivity contribution in [3.05, 3.63) is 46.0 Å². The number of carboxylic acids is 1. The zero-order chi connectivity index (χ0) is 15.4. The van der Waals surface area contributed by atoms with Gasteiger partial charge in [0.25, 0.3) is 5.91 Å². The molecule has 0 saturated carbocycles. The number of amides is 1. The molecular formula is C14H13N3O3S. The van der Waals surface area contributed by atoms with Crippen LogP contribution in [0.5, 0.6) is 0 Å². The third kappa shape index (κ3) is 4.22. The van der Waals surface area contributed by atoms with Gasteiger partial charge < -0.3 is 5.11 Å². The van der Waals surface area contributed by atoms with E-state index < -0.39 is 5.97 Å². The summed E-state index contributed by atoms with van der Waals surface area (Å²) in [7, 11) is 0. The Morgan fingerprint density at radius 2 is 2.00 bits per heavy atom.